The fourth-order valence-corrected chi connectivity index (χ4v) is 2.38. The van der Waals surface area contributed by atoms with Gasteiger partial charge in [0, 0.05) is 10.5 Å². The highest BCUT2D eigenvalue weighted by Crippen LogP contribution is 2.30. The lowest BCUT2D eigenvalue weighted by molar-refractivity contribution is 0.151. The number of aryl methyl sites for hydroxylation is 3. The lowest BCUT2D eigenvalue weighted by Crippen LogP contribution is -2.28. The molecule has 2 aromatic rings. The standard InChI is InChI=1S/C16H20BrNO2/c1-9-7-13(8-10(2)15(9)17)20-16(12(4)18)14-6-5-11(3)19-14/h5-8,12,16H,18H2,1-4H3. The van der Waals surface area contributed by atoms with E-state index in [0.29, 0.717) is 0 Å². The SMILES string of the molecule is Cc1ccc(C(Oc2cc(C)c(Br)c(C)c2)C(C)N)o1. The van der Waals surface area contributed by atoms with E-state index in [9.17, 15) is 0 Å². The molecule has 0 fully saturated rings. The van der Waals surface area contributed by atoms with Gasteiger partial charge in [-0.15, -0.1) is 0 Å². The number of furan rings is 1. The molecule has 0 aliphatic rings. The van der Waals surface area contributed by atoms with E-state index < -0.39 is 0 Å². The summed E-state index contributed by atoms with van der Waals surface area (Å²) in [6, 6.07) is 7.68. The smallest absolute Gasteiger partial charge is 0.171 e. The molecule has 2 rings (SSSR count). The quantitative estimate of drug-likeness (QED) is 0.897. The zero-order valence-electron chi connectivity index (χ0n) is 12.2. The molecule has 4 heteroatoms. The minimum Gasteiger partial charge on any atom is -0.481 e. The molecule has 0 aliphatic carbocycles. The molecule has 3 nitrogen and oxygen atoms in total. The fraction of sp³-hybridized carbons (Fsp3) is 0.375. The summed E-state index contributed by atoms with van der Waals surface area (Å²) in [4.78, 5) is 0. The van der Waals surface area contributed by atoms with Crippen molar-refractivity contribution in [2.45, 2.75) is 39.8 Å². The Morgan fingerprint density at radius 3 is 2.20 bits per heavy atom. The first-order valence-corrected chi connectivity index (χ1v) is 7.43. The Morgan fingerprint density at radius 2 is 1.75 bits per heavy atom. The zero-order chi connectivity index (χ0) is 14.9. The van der Waals surface area contributed by atoms with Gasteiger partial charge in [-0.25, -0.2) is 0 Å². The Kier molecular flexibility index (Phi) is 4.55. The summed E-state index contributed by atoms with van der Waals surface area (Å²) in [6.45, 7) is 7.92. The number of benzene rings is 1. The summed E-state index contributed by atoms with van der Waals surface area (Å²) in [5.41, 5.74) is 8.31. The largest absolute Gasteiger partial charge is 0.481 e. The number of rotatable bonds is 4. The topological polar surface area (TPSA) is 48.4 Å². The minimum atomic E-state index is -0.288. The minimum absolute atomic E-state index is 0.162. The van der Waals surface area contributed by atoms with Gasteiger partial charge < -0.3 is 14.9 Å². The van der Waals surface area contributed by atoms with Gasteiger partial charge in [-0.2, -0.15) is 0 Å². The van der Waals surface area contributed by atoms with Gasteiger partial charge in [0.25, 0.3) is 0 Å². The van der Waals surface area contributed by atoms with Gasteiger partial charge in [-0.1, -0.05) is 15.9 Å². The average molecular weight is 338 g/mol. The van der Waals surface area contributed by atoms with E-state index in [1.165, 1.54) is 0 Å². The van der Waals surface area contributed by atoms with Crippen LogP contribution in [0.1, 0.15) is 35.7 Å². The molecule has 0 spiro atoms. The van der Waals surface area contributed by atoms with Crippen molar-refractivity contribution in [3.05, 3.63) is 51.4 Å². The Hall–Kier alpha value is -1.26. The molecule has 2 N–H and O–H groups in total. The highest BCUT2D eigenvalue weighted by molar-refractivity contribution is 9.10. The number of nitrogens with two attached hydrogens (primary N) is 1. The maximum absolute atomic E-state index is 6.05. The molecule has 1 aromatic carbocycles. The first-order valence-electron chi connectivity index (χ1n) is 6.64. The number of ether oxygens (including phenoxy) is 1. The van der Waals surface area contributed by atoms with Crippen molar-refractivity contribution >= 4 is 15.9 Å². The van der Waals surface area contributed by atoms with E-state index in [2.05, 4.69) is 15.9 Å². The summed E-state index contributed by atoms with van der Waals surface area (Å²) in [5, 5.41) is 0. The summed E-state index contributed by atoms with van der Waals surface area (Å²) in [7, 11) is 0. The lowest BCUT2D eigenvalue weighted by atomic mass is 10.1. The van der Waals surface area contributed by atoms with Crippen molar-refractivity contribution < 1.29 is 9.15 Å². The van der Waals surface area contributed by atoms with Gasteiger partial charge in [0.15, 0.2) is 6.10 Å². The first kappa shape index (κ1) is 15.1. The Morgan fingerprint density at radius 1 is 1.15 bits per heavy atom. The summed E-state index contributed by atoms with van der Waals surface area (Å²) < 4.78 is 12.8. The van der Waals surface area contributed by atoms with Crippen LogP contribution >= 0.6 is 15.9 Å². The molecule has 2 unspecified atom stereocenters. The summed E-state index contributed by atoms with van der Waals surface area (Å²) in [5.74, 6) is 2.42. The molecule has 2 atom stereocenters. The molecule has 0 saturated heterocycles. The molecule has 0 saturated carbocycles. The Labute approximate surface area is 128 Å². The third-order valence-electron chi connectivity index (χ3n) is 3.19. The van der Waals surface area contributed by atoms with Gasteiger partial charge in [0.1, 0.15) is 17.3 Å². The van der Waals surface area contributed by atoms with E-state index in [-0.39, 0.29) is 12.1 Å². The van der Waals surface area contributed by atoms with Crippen LogP contribution in [0.3, 0.4) is 0 Å². The Balaban J connectivity index is 2.29. The van der Waals surface area contributed by atoms with Crippen LogP contribution in [0.2, 0.25) is 0 Å². The highest BCUT2D eigenvalue weighted by Gasteiger charge is 2.22. The second-order valence-corrected chi connectivity index (χ2v) is 6.01. The van der Waals surface area contributed by atoms with Crippen LogP contribution in [-0.2, 0) is 0 Å². The molecule has 20 heavy (non-hydrogen) atoms. The molecule has 0 bridgehead atoms. The zero-order valence-corrected chi connectivity index (χ0v) is 13.8. The van der Waals surface area contributed by atoms with Gasteiger partial charge in [-0.3, -0.25) is 0 Å². The van der Waals surface area contributed by atoms with Crippen LogP contribution in [0.4, 0.5) is 0 Å². The molecule has 108 valence electrons. The van der Waals surface area contributed by atoms with E-state index in [1.807, 2.05) is 52.0 Å². The molecule has 0 radical (unpaired) electrons. The van der Waals surface area contributed by atoms with Crippen LogP contribution in [0.15, 0.2) is 33.2 Å². The second kappa shape index (κ2) is 6.02. The molecule has 0 amide bonds. The monoisotopic (exact) mass is 337 g/mol. The van der Waals surface area contributed by atoms with Crippen molar-refractivity contribution in [1.82, 2.24) is 0 Å². The van der Waals surface area contributed by atoms with Gasteiger partial charge in [0.2, 0.25) is 0 Å². The van der Waals surface area contributed by atoms with E-state index in [1.54, 1.807) is 0 Å². The summed E-state index contributed by atoms with van der Waals surface area (Å²) in [6.07, 6.45) is -0.288. The third kappa shape index (κ3) is 3.25. The molecule has 1 heterocycles. The van der Waals surface area contributed by atoms with Crippen LogP contribution in [0.25, 0.3) is 0 Å². The van der Waals surface area contributed by atoms with Crippen LogP contribution in [0, 0.1) is 20.8 Å². The van der Waals surface area contributed by atoms with Crippen LogP contribution < -0.4 is 10.5 Å². The fourth-order valence-electron chi connectivity index (χ4n) is 2.15. The van der Waals surface area contributed by atoms with E-state index >= 15 is 0 Å². The maximum atomic E-state index is 6.05. The van der Waals surface area contributed by atoms with Gasteiger partial charge in [-0.05, 0) is 63.1 Å². The Bertz CT molecular complexity index is 581. The molecule has 1 aromatic heterocycles. The van der Waals surface area contributed by atoms with E-state index in [4.69, 9.17) is 14.9 Å². The van der Waals surface area contributed by atoms with E-state index in [0.717, 1.165) is 32.9 Å². The first-order chi connectivity index (χ1) is 9.38. The predicted octanol–water partition coefficient (Wildman–Crippen LogP) is 4.43. The van der Waals surface area contributed by atoms with Crippen LogP contribution in [-0.4, -0.2) is 6.04 Å². The molecule has 0 aliphatic heterocycles. The second-order valence-electron chi connectivity index (χ2n) is 5.22. The normalized spacial score (nSPS) is 14.1. The number of hydrogen-bond donors (Lipinski definition) is 1. The van der Waals surface area contributed by atoms with Gasteiger partial charge in [0.05, 0.1) is 0 Å². The third-order valence-corrected chi connectivity index (χ3v) is 4.44. The predicted molar refractivity (Wildman–Crippen MR) is 84.1 cm³/mol. The van der Waals surface area contributed by atoms with Crippen LogP contribution in [0.5, 0.6) is 5.75 Å². The number of halogens is 1. The van der Waals surface area contributed by atoms with Crippen molar-refractivity contribution in [1.29, 1.82) is 0 Å². The van der Waals surface area contributed by atoms with Crippen molar-refractivity contribution in [3.8, 4) is 5.75 Å². The lowest BCUT2D eigenvalue weighted by Gasteiger charge is -2.21. The molecular formula is C16H20BrNO2. The highest BCUT2D eigenvalue weighted by atomic mass is 79.9. The van der Waals surface area contributed by atoms with Crippen molar-refractivity contribution in [3.63, 3.8) is 0 Å². The number of hydrogen-bond acceptors (Lipinski definition) is 3. The average Bonchev–Trinajstić information content (AvgIpc) is 2.79. The molecular weight excluding hydrogens is 318 g/mol. The summed E-state index contributed by atoms with van der Waals surface area (Å²) >= 11 is 3.56. The van der Waals surface area contributed by atoms with Crippen molar-refractivity contribution in [2.75, 3.05) is 0 Å². The maximum Gasteiger partial charge on any atom is 0.171 e. The van der Waals surface area contributed by atoms with Crippen molar-refractivity contribution in [2.24, 2.45) is 5.73 Å². The van der Waals surface area contributed by atoms with Gasteiger partial charge >= 0.3 is 0 Å².